The van der Waals surface area contributed by atoms with Crippen molar-refractivity contribution in [3.05, 3.63) is 59.0 Å². The maximum Gasteiger partial charge on any atom is 0.344 e. The quantitative estimate of drug-likeness (QED) is 0.708. The van der Waals surface area contributed by atoms with Gasteiger partial charge in [-0.05, 0) is 36.2 Å². The Labute approximate surface area is 145 Å². The van der Waals surface area contributed by atoms with Crippen LogP contribution < -0.4 is 15.7 Å². The van der Waals surface area contributed by atoms with Crippen molar-refractivity contribution in [3.63, 3.8) is 0 Å². The fourth-order valence-corrected chi connectivity index (χ4v) is 2.68. The molecule has 0 saturated heterocycles. The molecule has 0 fully saturated rings. The van der Waals surface area contributed by atoms with E-state index >= 15 is 0 Å². The molecule has 0 unspecified atom stereocenters. The van der Waals surface area contributed by atoms with Gasteiger partial charge in [-0.25, -0.2) is 4.79 Å². The fourth-order valence-electron chi connectivity index (χ4n) is 2.68. The number of para-hydroxylation sites is 1. The fraction of sp³-hybridized carbons (Fsp3) is 0.200. The number of anilines is 1. The van der Waals surface area contributed by atoms with Crippen LogP contribution in [0.25, 0.3) is 22.1 Å². The number of carbonyl (C=O) groups is 1. The van der Waals surface area contributed by atoms with Crippen molar-refractivity contribution in [1.29, 1.82) is 0 Å². The highest BCUT2D eigenvalue weighted by Gasteiger charge is 2.12. The second-order valence-electron chi connectivity index (χ2n) is 5.70. The molecule has 0 bridgehead atoms. The minimum atomic E-state index is -0.422. The number of fused-ring (bicyclic) bond motifs is 1. The lowest BCUT2D eigenvalue weighted by Crippen LogP contribution is -2.12. The highest BCUT2D eigenvalue weighted by Crippen LogP contribution is 2.30. The molecule has 5 nitrogen and oxygen atoms in total. The van der Waals surface area contributed by atoms with E-state index in [9.17, 15) is 9.59 Å². The molecule has 0 aliphatic heterocycles. The van der Waals surface area contributed by atoms with E-state index in [-0.39, 0.29) is 5.91 Å². The van der Waals surface area contributed by atoms with Gasteiger partial charge in [-0.1, -0.05) is 31.2 Å². The highest BCUT2D eigenvalue weighted by molar-refractivity contribution is 5.93. The van der Waals surface area contributed by atoms with E-state index < -0.39 is 5.63 Å². The Morgan fingerprint density at radius 3 is 2.72 bits per heavy atom. The van der Waals surface area contributed by atoms with Gasteiger partial charge in [0.1, 0.15) is 11.3 Å². The first-order valence-electron chi connectivity index (χ1n) is 8.13. The van der Waals surface area contributed by atoms with Crippen LogP contribution >= 0.6 is 0 Å². The van der Waals surface area contributed by atoms with E-state index in [2.05, 4.69) is 5.32 Å². The zero-order valence-electron chi connectivity index (χ0n) is 14.2. The number of ether oxygens (including phenoxy) is 1. The van der Waals surface area contributed by atoms with Gasteiger partial charge in [0.2, 0.25) is 5.91 Å². The highest BCUT2D eigenvalue weighted by atomic mass is 16.5. The molecule has 0 atom stereocenters. The summed E-state index contributed by atoms with van der Waals surface area (Å²) in [6, 6.07) is 14.4. The molecule has 1 amide bonds. The topological polar surface area (TPSA) is 68.5 Å². The maximum atomic E-state index is 12.3. The van der Waals surface area contributed by atoms with E-state index in [0.717, 1.165) is 11.8 Å². The number of nitrogens with one attached hydrogen (secondary N) is 1. The van der Waals surface area contributed by atoms with Gasteiger partial charge in [-0.3, -0.25) is 4.79 Å². The Morgan fingerprint density at radius 1 is 1.16 bits per heavy atom. The van der Waals surface area contributed by atoms with Crippen molar-refractivity contribution in [2.75, 3.05) is 12.4 Å². The monoisotopic (exact) mass is 337 g/mol. The predicted molar refractivity (Wildman–Crippen MR) is 98.0 cm³/mol. The zero-order valence-corrected chi connectivity index (χ0v) is 14.2. The average Bonchev–Trinajstić information content (AvgIpc) is 2.61. The van der Waals surface area contributed by atoms with E-state index in [1.165, 1.54) is 7.11 Å². The normalized spacial score (nSPS) is 10.6. The largest absolute Gasteiger partial charge is 0.495 e. The number of hydrogen-bond donors (Lipinski definition) is 1. The summed E-state index contributed by atoms with van der Waals surface area (Å²) in [5.74, 6) is 0.446. The molecule has 0 spiro atoms. The summed E-state index contributed by atoms with van der Waals surface area (Å²) in [6.07, 6.45) is 1.17. The first-order chi connectivity index (χ1) is 12.1. The number of hydrogen-bond acceptors (Lipinski definition) is 4. The molecular weight excluding hydrogens is 318 g/mol. The summed E-state index contributed by atoms with van der Waals surface area (Å²) in [5.41, 5.74) is 1.75. The first kappa shape index (κ1) is 16.8. The van der Waals surface area contributed by atoms with Gasteiger partial charge < -0.3 is 14.5 Å². The van der Waals surface area contributed by atoms with Crippen LogP contribution in [0.15, 0.2) is 57.7 Å². The summed E-state index contributed by atoms with van der Waals surface area (Å²) in [6.45, 7) is 1.94. The molecule has 1 aromatic heterocycles. The van der Waals surface area contributed by atoms with Gasteiger partial charge in [0.05, 0.1) is 18.4 Å². The minimum Gasteiger partial charge on any atom is -0.495 e. The summed E-state index contributed by atoms with van der Waals surface area (Å²) in [7, 11) is 1.54. The van der Waals surface area contributed by atoms with Crippen LogP contribution in [0, 0.1) is 0 Å². The SMILES string of the molecule is CCCC(=O)Nc1cc(-c2cc3ccccc3oc2=O)ccc1OC. The number of carbonyl (C=O) groups excluding carboxylic acids is 1. The molecule has 0 radical (unpaired) electrons. The van der Waals surface area contributed by atoms with Crippen molar-refractivity contribution in [2.24, 2.45) is 0 Å². The second kappa shape index (κ2) is 7.21. The molecule has 5 heteroatoms. The smallest absolute Gasteiger partial charge is 0.344 e. The van der Waals surface area contributed by atoms with Crippen molar-refractivity contribution in [2.45, 2.75) is 19.8 Å². The molecule has 0 aliphatic rings. The Morgan fingerprint density at radius 2 is 1.96 bits per heavy atom. The van der Waals surface area contributed by atoms with Gasteiger partial charge in [0.25, 0.3) is 0 Å². The zero-order chi connectivity index (χ0) is 17.8. The molecule has 0 aliphatic carbocycles. The van der Waals surface area contributed by atoms with E-state index in [4.69, 9.17) is 9.15 Å². The predicted octanol–water partition coefficient (Wildman–Crippen LogP) is 4.21. The van der Waals surface area contributed by atoms with Crippen molar-refractivity contribution < 1.29 is 13.9 Å². The van der Waals surface area contributed by atoms with Crippen LogP contribution in [0.4, 0.5) is 5.69 Å². The van der Waals surface area contributed by atoms with Gasteiger partial charge >= 0.3 is 5.63 Å². The van der Waals surface area contributed by atoms with E-state index in [1.807, 2.05) is 25.1 Å². The van der Waals surface area contributed by atoms with Gasteiger partial charge in [0.15, 0.2) is 0 Å². The Hall–Kier alpha value is -3.08. The second-order valence-corrected chi connectivity index (χ2v) is 5.70. The third-order valence-corrected chi connectivity index (χ3v) is 3.90. The summed E-state index contributed by atoms with van der Waals surface area (Å²) in [4.78, 5) is 24.3. The molecule has 0 saturated carbocycles. The van der Waals surface area contributed by atoms with E-state index in [0.29, 0.717) is 34.6 Å². The molecule has 3 rings (SSSR count). The number of methoxy groups -OCH3 is 1. The molecule has 2 aromatic carbocycles. The number of benzene rings is 2. The third-order valence-electron chi connectivity index (χ3n) is 3.90. The lowest BCUT2D eigenvalue weighted by molar-refractivity contribution is -0.116. The van der Waals surface area contributed by atoms with Gasteiger partial charge in [-0.15, -0.1) is 0 Å². The van der Waals surface area contributed by atoms with Gasteiger partial charge in [0, 0.05) is 11.8 Å². The molecular formula is C20H19NO4. The molecule has 1 N–H and O–H groups in total. The third kappa shape index (κ3) is 3.55. The Balaban J connectivity index is 2.07. The average molecular weight is 337 g/mol. The summed E-state index contributed by atoms with van der Waals surface area (Å²) in [5, 5.41) is 3.67. The van der Waals surface area contributed by atoms with Crippen molar-refractivity contribution >= 4 is 22.6 Å². The van der Waals surface area contributed by atoms with Gasteiger partial charge in [-0.2, -0.15) is 0 Å². The lowest BCUT2D eigenvalue weighted by atomic mass is 10.0. The van der Waals surface area contributed by atoms with E-state index in [1.54, 1.807) is 30.3 Å². The Kier molecular flexibility index (Phi) is 4.84. The maximum absolute atomic E-state index is 12.3. The van der Waals surface area contributed by atoms with Crippen LogP contribution in [0.2, 0.25) is 0 Å². The van der Waals surface area contributed by atoms with Crippen LogP contribution in [0.3, 0.4) is 0 Å². The molecule has 128 valence electrons. The van der Waals surface area contributed by atoms with Crippen LogP contribution in [-0.2, 0) is 4.79 Å². The standard InChI is InChI=1S/C20H19NO4/c1-3-6-19(22)21-16-12-13(9-10-18(16)24-2)15-11-14-7-4-5-8-17(14)25-20(15)23/h4-5,7-12H,3,6H2,1-2H3,(H,21,22). The van der Waals surface area contributed by atoms with Crippen molar-refractivity contribution in [3.8, 4) is 16.9 Å². The van der Waals surface area contributed by atoms with Crippen LogP contribution in [0.5, 0.6) is 5.75 Å². The number of amides is 1. The van der Waals surface area contributed by atoms with Crippen LogP contribution in [-0.4, -0.2) is 13.0 Å². The summed E-state index contributed by atoms with van der Waals surface area (Å²) >= 11 is 0. The number of rotatable bonds is 5. The lowest BCUT2D eigenvalue weighted by Gasteiger charge is -2.12. The molecule has 1 heterocycles. The van der Waals surface area contributed by atoms with Crippen molar-refractivity contribution in [1.82, 2.24) is 0 Å². The molecule has 25 heavy (non-hydrogen) atoms. The van der Waals surface area contributed by atoms with Crippen LogP contribution in [0.1, 0.15) is 19.8 Å². The summed E-state index contributed by atoms with van der Waals surface area (Å²) < 4.78 is 10.7. The Bertz CT molecular complexity index is 975. The minimum absolute atomic E-state index is 0.0940. The molecule has 3 aromatic rings. The first-order valence-corrected chi connectivity index (χ1v) is 8.13.